The molecule has 3 N–H and O–H groups in total. The number of carboxylic acid groups (broad SMARTS) is 1. The van der Waals surface area contributed by atoms with Crippen molar-refractivity contribution in [1.82, 2.24) is 15.3 Å². The highest BCUT2D eigenvalue weighted by molar-refractivity contribution is 6.30. The number of halogens is 1. The summed E-state index contributed by atoms with van der Waals surface area (Å²) >= 11 is 6.17. The molecule has 33 heavy (non-hydrogen) atoms. The molecule has 3 aromatic rings. The van der Waals surface area contributed by atoms with Crippen LogP contribution in [0.15, 0.2) is 48.5 Å². The predicted octanol–water partition coefficient (Wildman–Crippen LogP) is 4.94. The fourth-order valence-corrected chi connectivity index (χ4v) is 4.45. The molecule has 7 nitrogen and oxygen atoms in total. The van der Waals surface area contributed by atoms with Crippen LogP contribution < -0.4 is 5.32 Å². The van der Waals surface area contributed by atoms with E-state index in [9.17, 15) is 14.7 Å². The van der Waals surface area contributed by atoms with Gasteiger partial charge in [-0.05, 0) is 28.7 Å². The molecule has 1 aliphatic rings. The fourth-order valence-electron chi connectivity index (χ4n) is 4.22. The molecule has 2 aromatic carbocycles. The number of aliphatic carboxylic acids is 1. The third kappa shape index (κ3) is 5.03. The van der Waals surface area contributed by atoms with Crippen LogP contribution in [0.5, 0.6) is 0 Å². The van der Waals surface area contributed by atoms with E-state index in [1.807, 2.05) is 36.4 Å². The minimum Gasteiger partial charge on any atom is -0.480 e. The summed E-state index contributed by atoms with van der Waals surface area (Å²) in [5, 5.41) is 12.3. The number of carbonyl (C=O) groups excluding carboxylic acids is 1. The Hall–Kier alpha value is -3.32. The molecule has 0 bridgehead atoms. The Bertz CT molecular complexity index is 1110. The van der Waals surface area contributed by atoms with Crippen molar-refractivity contribution >= 4 is 23.7 Å². The number of hydrogen-bond acceptors (Lipinski definition) is 4. The average Bonchev–Trinajstić information content (AvgIpc) is 3.33. The van der Waals surface area contributed by atoms with Gasteiger partial charge in [0, 0.05) is 18.8 Å². The van der Waals surface area contributed by atoms with E-state index in [0.717, 1.165) is 41.5 Å². The Morgan fingerprint density at radius 2 is 1.79 bits per heavy atom. The van der Waals surface area contributed by atoms with E-state index in [1.165, 1.54) is 0 Å². The third-order valence-corrected chi connectivity index (χ3v) is 6.20. The number of amides is 1. The number of nitrogens with zero attached hydrogens (tertiary/aromatic N) is 1. The van der Waals surface area contributed by atoms with Gasteiger partial charge >= 0.3 is 12.1 Å². The molecule has 8 heteroatoms. The number of carbonyl (C=O) groups is 2. The zero-order valence-electron chi connectivity index (χ0n) is 18.3. The Morgan fingerprint density at radius 1 is 1.15 bits per heavy atom. The maximum absolute atomic E-state index is 12.5. The molecule has 0 radical (unpaired) electrons. The largest absolute Gasteiger partial charge is 0.480 e. The number of fused-ring (bicyclic) bond motifs is 3. The molecular weight excluding hydrogens is 442 g/mol. The number of hydrogen-bond donors (Lipinski definition) is 3. The third-order valence-electron chi connectivity index (χ3n) is 5.89. The molecule has 0 saturated heterocycles. The Balaban J connectivity index is 1.40. The van der Waals surface area contributed by atoms with Crippen molar-refractivity contribution in [2.45, 2.75) is 44.6 Å². The van der Waals surface area contributed by atoms with Gasteiger partial charge in [-0.3, -0.25) is 0 Å². The lowest BCUT2D eigenvalue weighted by atomic mass is 9.98. The number of alkyl carbamates (subject to hydrolysis) is 1. The first-order valence-electron chi connectivity index (χ1n) is 11.1. The van der Waals surface area contributed by atoms with Gasteiger partial charge in [-0.2, -0.15) is 0 Å². The first-order chi connectivity index (χ1) is 16.0. The van der Waals surface area contributed by atoms with Crippen molar-refractivity contribution in [3.63, 3.8) is 0 Å². The van der Waals surface area contributed by atoms with Gasteiger partial charge in [0.05, 0.1) is 5.69 Å². The monoisotopic (exact) mass is 467 g/mol. The molecule has 0 saturated carbocycles. The number of H-pyrrole nitrogens is 1. The highest BCUT2D eigenvalue weighted by Crippen LogP contribution is 2.44. The Kier molecular flexibility index (Phi) is 6.99. The second-order valence-electron chi connectivity index (χ2n) is 8.12. The molecule has 172 valence electrons. The van der Waals surface area contributed by atoms with E-state index < -0.39 is 18.1 Å². The molecule has 1 aromatic heterocycles. The standard InChI is InChI=1S/C25H26ClN3O4/c1-2-3-12-22-27-20(23(26)29-22)13-21(24(30)31)28-25(32)33-14-19-17-10-6-4-8-15(17)16-9-5-7-11-18(16)19/h4-11,19,21H,2-3,12-14H2,1H3,(H,27,29)(H,28,32)(H,30,31). The second-order valence-corrected chi connectivity index (χ2v) is 8.48. The van der Waals surface area contributed by atoms with Crippen LogP contribution >= 0.6 is 11.6 Å². The molecule has 1 atom stereocenters. The molecule has 0 aliphatic heterocycles. The summed E-state index contributed by atoms with van der Waals surface area (Å²) in [5.41, 5.74) is 4.90. The summed E-state index contributed by atoms with van der Waals surface area (Å²) in [7, 11) is 0. The van der Waals surface area contributed by atoms with Crippen molar-refractivity contribution in [3.8, 4) is 11.1 Å². The summed E-state index contributed by atoms with van der Waals surface area (Å²) in [4.78, 5) is 31.6. The van der Waals surface area contributed by atoms with Crippen molar-refractivity contribution in [3.05, 3.63) is 76.3 Å². The first-order valence-corrected chi connectivity index (χ1v) is 11.4. The van der Waals surface area contributed by atoms with Crippen LogP contribution in [0.4, 0.5) is 4.79 Å². The normalized spacial score (nSPS) is 13.3. The second kappa shape index (κ2) is 10.1. The van der Waals surface area contributed by atoms with Crippen molar-refractivity contribution in [1.29, 1.82) is 0 Å². The van der Waals surface area contributed by atoms with E-state index in [4.69, 9.17) is 16.3 Å². The lowest BCUT2D eigenvalue weighted by Gasteiger charge is -2.17. The van der Waals surface area contributed by atoms with Gasteiger partial charge in [0.2, 0.25) is 0 Å². The smallest absolute Gasteiger partial charge is 0.407 e. The van der Waals surface area contributed by atoms with Gasteiger partial charge in [-0.15, -0.1) is 0 Å². The van der Waals surface area contributed by atoms with Crippen molar-refractivity contribution in [2.75, 3.05) is 6.61 Å². The lowest BCUT2D eigenvalue weighted by Crippen LogP contribution is -2.43. The quantitative estimate of drug-likeness (QED) is 0.413. The minimum atomic E-state index is -1.20. The molecule has 1 aliphatic carbocycles. The molecular formula is C25H26ClN3O4. The molecule has 4 rings (SSSR count). The summed E-state index contributed by atoms with van der Waals surface area (Å²) in [6, 6.07) is 14.8. The van der Waals surface area contributed by atoms with Gasteiger partial charge in [-0.1, -0.05) is 73.5 Å². The van der Waals surface area contributed by atoms with Crippen LogP contribution in [0.25, 0.3) is 11.1 Å². The van der Waals surface area contributed by atoms with Crippen molar-refractivity contribution < 1.29 is 19.4 Å². The maximum atomic E-state index is 12.5. The summed E-state index contributed by atoms with van der Waals surface area (Å²) in [5.74, 6) is -0.569. The number of rotatable bonds is 9. The predicted molar refractivity (Wildman–Crippen MR) is 126 cm³/mol. The van der Waals surface area contributed by atoms with E-state index >= 15 is 0 Å². The zero-order chi connectivity index (χ0) is 23.4. The molecule has 0 fully saturated rings. The molecule has 1 heterocycles. The molecule has 1 unspecified atom stereocenters. The zero-order valence-corrected chi connectivity index (χ0v) is 19.1. The van der Waals surface area contributed by atoms with Gasteiger partial charge in [0.25, 0.3) is 0 Å². The number of ether oxygens (including phenoxy) is 1. The number of unbranched alkanes of at least 4 members (excludes halogenated alkanes) is 1. The number of aryl methyl sites for hydroxylation is 1. The fraction of sp³-hybridized carbons (Fsp3) is 0.320. The highest BCUT2D eigenvalue weighted by Gasteiger charge is 2.30. The van der Waals surface area contributed by atoms with Crippen LogP contribution in [0, 0.1) is 0 Å². The van der Waals surface area contributed by atoms with E-state index in [2.05, 4.69) is 34.3 Å². The summed E-state index contributed by atoms with van der Waals surface area (Å²) < 4.78 is 5.47. The van der Waals surface area contributed by atoms with E-state index in [-0.39, 0.29) is 24.1 Å². The van der Waals surface area contributed by atoms with Crippen LogP contribution in [0.1, 0.15) is 48.3 Å². The minimum absolute atomic E-state index is 0.0164. The van der Waals surface area contributed by atoms with E-state index in [0.29, 0.717) is 11.5 Å². The van der Waals surface area contributed by atoms with Crippen LogP contribution in [0.3, 0.4) is 0 Å². The van der Waals surface area contributed by atoms with Crippen LogP contribution in [-0.2, 0) is 22.4 Å². The Labute approximate surface area is 197 Å². The number of aromatic amines is 1. The topological polar surface area (TPSA) is 104 Å². The molecule has 0 spiro atoms. The number of imidazole rings is 1. The van der Waals surface area contributed by atoms with Crippen LogP contribution in [-0.4, -0.2) is 39.8 Å². The van der Waals surface area contributed by atoms with Gasteiger partial charge < -0.3 is 20.1 Å². The maximum Gasteiger partial charge on any atom is 0.407 e. The summed E-state index contributed by atoms with van der Waals surface area (Å²) in [6.07, 6.45) is 1.88. The molecule has 1 amide bonds. The number of nitrogens with one attached hydrogen (secondary N) is 2. The van der Waals surface area contributed by atoms with Gasteiger partial charge in [0.15, 0.2) is 0 Å². The van der Waals surface area contributed by atoms with Gasteiger partial charge in [-0.25, -0.2) is 14.6 Å². The first kappa shape index (κ1) is 22.9. The Morgan fingerprint density at radius 3 is 2.39 bits per heavy atom. The SMILES string of the molecule is CCCCc1nc(Cl)c(CC(NC(=O)OCC2c3ccccc3-c3ccccc32)C(=O)O)[nH]1. The average molecular weight is 468 g/mol. The summed E-state index contributed by atoms with van der Waals surface area (Å²) in [6.45, 7) is 2.18. The van der Waals surface area contributed by atoms with Crippen LogP contribution in [0.2, 0.25) is 5.15 Å². The lowest BCUT2D eigenvalue weighted by molar-refractivity contribution is -0.139. The number of carboxylic acids is 1. The van der Waals surface area contributed by atoms with E-state index in [1.54, 1.807) is 0 Å². The van der Waals surface area contributed by atoms with Crippen molar-refractivity contribution in [2.24, 2.45) is 0 Å². The number of aromatic nitrogens is 2. The van der Waals surface area contributed by atoms with Gasteiger partial charge in [0.1, 0.15) is 23.6 Å². The number of benzene rings is 2. The highest BCUT2D eigenvalue weighted by atomic mass is 35.5.